The first kappa shape index (κ1) is 17.7. The second-order valence-corrected chi connectivity index (χ2v) is 7.04. The number of nitrogens with zero attached hydrogens (tertiary/aromatic N) is 6. The third kappa shape index (κ3) is 3.92. The average Bonchev–Trinajstić information content (AvgIpc) is 3.37. The van der Waals surface area contributed by atoms with Gasteiger partial charge in [-0.05, 0) is 24.6 Å². The number of rotatable bonds is 5. The molecular formula is C19H21N7O3. The molecule has 3 aromatic rings. The molecule has 5 rings (SSSR count). The molecule has 1 aromatic carbocycles. The number of aromatic nitrogens is 4. The fourth-order valence-corrected chi connectivity index (χ4v) is 3.45. The van der Waals surface area contributed by atoms with Crippen LogP contribution < -0.4 is 19.7 Å². The molecule has 0 amide bonds. The highest BCUT2D eigenvalue weighted by Crippen LogP contribution is 2.32. The summed E-state index contributed by atoms with van der Waals surface area (Å²) in [6.07, 6.45) is 1.57. The highest BCUT2D eigenvalue weighted by atomic mass is 16.7. The maximum Gasteiger partial charge on any atom is 0.247 e. The van der Waals surface area contributed by atoms with Crippen LogP contribution in [-0.4, -0.2) is 58.2 Å². The van der Waals surface area contributed by atoms with Gasteiger partial charge in [-0.1, -0.05) is 11.2 Å². The van der Waals surface area contributed by atoms with E-state index in [9.17, 15) is 0 Å². The van der Waals surface area contributed by atoms with Crippen molar-refractivity contribution in [1.82, 2.24) is 25.2 Å². The van der Waals surface area contributed by atoms with Crippen LogP contribution in [-0.2, 0) is 6.54 Å². The number of ether oxygens (including phenoxy) is 2. The number of anilines is 3. The molecule has 2 aliphatic heterocycles. The van der Waals surface area contributed by atoms with Crippen LogP contribution in [0.4, 0.5) is 17.6 Å². The van der Waals surface area contributed by atoms with Crippen molar-refractivity contribution in [2.45, 2.75) is 13.5 Å². The van der Waals surface area contributed by atoms with Crippen molar-refractivity contribution in [1.29, 1.82) is 0 Å². The minimum atomic E-state index is 0.301. The molecule has 0 atom stereocenters. The van der Waals surface area contributed by atoms with E-state index in [0.717, 1.165) is 50.0 Å². The standard InChI is InChI=1S/C19H21N7O3/c1-13-8-17(24-29-13)21-18-10-20-23-19(22-18)26-6-4-25(5-7-26)11-14-2-3-15-16(9-14)28-12-27-15/h2-3,8-10H,4-7,11-12H2,1H3,(H,21,22,23,24). The van der Waals surface area contributed by atoms with Crippen molar-refractivity contribution in [3.8, 4) is 11.5 Å². The molecule has 4 heterocycles. The van der Waals surface area contributed by atoms with Gasteiger partial charge >= 0.3 is 0 Å². The van der Waals surface area contributed by atoms with E-state index < -0.39 is 0 Å². The number of benzene rings is 1. The zero-order chi connectivity index (χ0) is 19.6. The van der Waals surface area contributed by atoms with Gasteiger partial charge in [-0.25, -0.2) is 0 Å². The van der Waals surface area contributed by atoms with Crippen LogP contribution >= 0.6 is 0 Å². The highest BCUT2D eigenvalue weighted by Gasteiger charge is 2.21. The normalized spacial score (nSPS) is 16.2. The first-order valence-electron chi connectivity index (χ1n) is 9.49. The van der Waals surface area contributed by atoms with Crippen LogP contribution in [0.15, 0.2) is 35.0 Å². The van der Waals surface area contributed by atoms with Gasteiger partial charge in [-0.2, -0.15) is 10.1 Å². The summed E-state index contributed by atoms with van der Waals surface area (Å²) < 4.78 is 15.9. The van der Waals surface area contributed by atoms with Gasteiger partial charge in [-0.3, -0.25) is 4.90 Å². The summed E-state index contributed by atoms with van der Waals surface area (Å²) in [4.78, 5) is 9.11. The van der Waals surface area contributed by atoms with Crippen molar-refractivity contribution in [3.63, 3.8) is 0 Å². The molecule has 0 spiro atoms. The van der Waals surface area contributed by atoms with Crippen molar-refractivity contribution in [2.24, 2.45) is 0 Å². The molecule has 150 valence electrons. The Balaban J connectivity index is 1.19. The highest BCUT2D eigenvalue weighted by molar-refractivity contribution is 5.51. The van der Waals surface area contributed by atoms with Crippen LogP contribution in [0, 0.1) is 6.92 Å². The maximum atomic E-state index is 5.47. The van der Waals surface area contributed by atoms with E-state index in [1.165, 1.54) is 5.56 Å². The lowest BCUT2D eigenvalue weighted by Gasteiger charge is -2.34. The third-order valence-electron chi connectivity index (χ3n) is 4.93. The minimum absolute atomic E-state index is 0.301. The monoisotopic (exact) mass is 395 g/mol. The van der Waals surface area contributed by atoms with E-state index in [1.807, 2.05) is 13.0 Å². The number of hydrogen-bond acceptors (Lipinski definition) is 10. The van der Waals surface area contributed by atoms with Gasteiger partial charge in [0.1, 0.15) is 5.76 Å². The summed E-state index contributed by atoms with van der Waals surface area (Å²) in [7, 11) is 0. The number of nitrogens with one attached hydrogen (secondary N) is 1. The summed E-state index contributed by atoms with van der Waals surface area (Å²) in [5.41, 5.74) is 1.22. The van der Waals surface area contributed by atoms with Crippen molar-refractivity contribution < 1.29 is 14.0 Å². The lowest BCUT2D eigenvalue weighted by Crippen LogP contribution is -2.46. The molecule has 29 heavy (non-hydrogen) atoms. The van der Waals surface area contributed by atoms with E-state index in [-0.39, 0.29) is 0 Å². The molecule has 1 saturated heterocycles. The molecule has 0 unspecified atom stereocenters. The molecule has 1 fully saturated rings. The van der Waals surface area contributed by atoms with Crippen molar-refractivity contribution in [2.75, 3.05) is 43.2 Å². The molecule has 2 aromatic heterocycles. The smallest absolute Gasteiger partial charge is 0.247 e. The van der Waals surface area contributed by atoms with E-state index in [4.69, 9.17) is 14.0 Å². The van der Waals surface area contributed by atoms with Crippen molar-refractivity contribution >= 4 is 17.6 Å². The first-order valence-corrected chi connectivity index (χ1v) is 9.49. The van der Waals surface area contributed by atoms with Gasteiger partial charge in [-0.15, -0.1) is 5.10 Å². The van der Waals surface area contributed by atoms with E-state index >= 15 is 0 Å². The van der Waals surface area contributed by atoms with Crippen molar-refractivity contribution in [3.05, 3.63) is 41.8 Å². The lowest BCUT2D eigenvalue weighted by molar-refractivity contribution is 0.174. The molecule has 0 radical (unpaired) electrons. The lowest BCUT2D eigenvalue weighted by atomic mass is 10.1. The quantitative estimate of drug-likeness (QED) is 0.690. The predicted octanol–water partition coefficient (Wildman–Crippen LogP) is 1.96. The van der Waals surface area contributed by atoms with E-state index in [2.05, 4.69) is 47.6 Å². The fraction of sp³-hybridized carbons (Fsp3) is 0.368. The average molecular weight is 395 g/mol. The van der Waals surface area contributed by atoms with Gasteiger partial charge in [0.15, 0.2) is 23.1 Å². The Hall–Kier alpha value is -3.40. The van der Waals surface area contributed by atoms with Gasteiger partial charge in [0.05, 0.1) is 6.20 Å². The second kappa shape index (κ2) is 7.55. The first-order chi connectivity index (χ1) is 14.2. The topological polar surface area (TPSA) is 102 Å². The summed E-state index contributed by atoms with van der Waals surface area (Å²) in [5.74, 6) is 4.17. The van der Waals surface area contributed by atoms with E-state index in [1.54, 1.807) is 12.3 Å². The zero-order valence-corrected chi connectivity index (χ0v) is 16.0. The Morgan fingerprint density at radius 3 is 2.72 bits per heavy atom. The second-order valence-electron chi connectivity index (χ2n) is 7.04. The molecule has 0 aliphatic carbocycles. The Morgan fingerprint density at radius 1 is 1.03 bits per heavy atom. The SMILES string of the molecule is Cc1cc(Nc2cnnc(N3CCN(Cc4ccc5c(c4)OCO5)CC3)n2)no1. The Kier molecular flexibility index (Phi) is 4.60. The summed E-state index contributed by atoms with van der Waals surface area (Å²) in [5, 5.41) is 15.3. The zero-order valence-electron chi connectivity index (χ0n) is 16.0. The van der Waals surface area contributed by atoms with Gasteiger partial charge in [0.2, 0.25) is 12.7 Å². The molecular weight excluding hydrogens is 374 g/mol. The summed E-state index contributed by atoms with van der Waals surface area (Å²) in [6.45, 7) is 6.50. The van der Waals surface area contributed by atoms with Crippen LogP contribution in [0.3, 0.4) is 0 Å². The van der Waals surface area contributed by atoms with Gasteiger partial charge in [0.25, 0.3) is 0 Å². The molecule has 1 N–H and O–H groups in total. The largest absolute Gasteiger partial charge is 0.454 e. The van der Waals surface area contributed by atoms with Gasteiger partial charge in [0, 0.05) is 38.8 Å². The molecule has 2 aliphatic rings. The Bertz CT molecular complexity index is 1000. The van der Waals surface area contributed by atoms with Crippen LogP contribution in [0.2, 0.25) is 0 Å². The Morgan fingerprint density at radius 2 is 1.90 bits per heavy atom. The molecule has 0 saturated carbocycles. The van der Waals surface area contributed by atoms with Crippen LogP contribution in [0.1, 0.15) is 11.3 Å². The van der Waals surface area contributed by atoms with Crippen LogP contribution in [0.25, 0.3) is 0 Å². The van der Waals surface area contributed by atoms with E-state index in [0.29, 0.717) is 24.4 Å². The maximum absolute atomic E-state index is 5.47. The molecule has 0 bridgehead atoms. The summed E-state index contributed by atoms with van der Waals surface area (Å²) >= 11 is 0. The third-order valence-corrected chi connectivity index (χ3v) is 4.93. The fourth-order valence-electron chi connectivity index (χ4n) is 3.45. The number of fused-ring (bicyclic) bond motifs is 1. The molecule has 10 nitrogen and oxygen atoms in total. The predicted molar refractivity (Wildman–Crippen MR) is 104 cm³/mol. The van der Waals surface area contributed by atoms with Gasteiger partial charge < -0.3 is 24.2 Å². The number of aryl methyl sites for hydroxylation is 1. The summed E-state index contributed by atoms with van der Waals surface area (Å²) in [6, 6.07) is 7.93. The minimum Gasteiger partial charge on any atom is -0.454 e. The number of piperazine rings is 1. The molecule has 10 heteroatoms. The van der Waals surface area contributed by atoms with Crippen LogP contribution in [0.5, 0.6) is 11.5 Å². The number of hydrogen-bond donors (Lipinski definition) is 1. The Labute approximate surface area is 167 Å².